The van der Waals surface area contributed by atoms with Crippen molar-refractivity contribution in [1.82, 2.24) is 5.32 Å². The molecule has 0 heterocycles. The van der Waals surface area contributed by atoms with Gasteiger partial charge in [0, 0.05) is 11.6 Å². The van der Waals surface area contributed by atoms with Crippen LogP contribution in [-0.4, -0.2) is 18.6 Å². The van der Waals surface area contributed by atoms with Gasteiger partial charge >= 0.3 is 0 Å². The zero-order valence-electron chi connectivity index (χ0n) is 9.50. The number of rotatable bonds is 5. The Morgan fingerprint density at radius 2 is 2.31 bits per heavy atom. The second-order valence-corrected chi connectivity index (χ2v) is 3.94. The maximum Gasteiger partial charge on any atom is 0.260 e. The van der Waals surface area contributed by atoms with Crippen molar-refractivity contribution in [3.8, 4) is 5.75 Å². The highest BCUT2D eigenvalue weighted by Gasteiger charge is 2.13. The number of hydrogen-bond acceptors (Lipinski definition) is 2. The molecule has 0 saturated carbocycles. The van der Waals surface area contributed by atoms with E-state index in [4.69, 9.17) is 16.3 Å². The van der Waals surface area contributed by atoms with Crippen LogP contribution in [0.1, 0.15) is 20.3 Å². The van der Waals surface area contributed by atoms with E-state index in [0.29, 0.717) is 17.3 Å². The summed E-state index contributed by atoms with van der Waals surface area (Å²) in [6, 6.07) is 7.01. The summed E-state index contributed by atoms with van der Waals surface area (Å²) in [7, 11) is 0. The Kier molecular flexibility index (Phi) is 5.12. The summed E-state index contributed by atoms with van der Waals surface area (Å²) in [4.78, 5) is 11.5. The smallest absolute Gasteiger partial charge is 0.260 e. The molecule has 1 atom stereocenters. The van der Waals surface area contributed by atoms with Gasteiger partial charge in [-0.3, -0.25) is 4.79 Å². The van der Waals surface area contributed by atoms with E-state index in [1.807, 2.05) is 6.92 Å². The first-order chi connectivity index (χ1) is 7.63. The SMILES string of the molecule is CCCNC(=O)C(C)Oc1cccc(Cl)c1. The van der Waals surface area contributed by atoms with Crippen LogP contribution in [0.25, 0.3) is 0 Å². The standard InChI is InChI=1S/C12H16ClNO2/c1-3-7-14-12(15)9(2)16-11-6-4-5-10(13)8-11/h4-6,8-9H,3,7H2,1-2H3,(H,14,15). The minimum absolute atomic E-state index is 0.109. The molecule has 0 aliphatic rings. The summed E-state index contributed by atoms with van der Waals surface area (Å²) < 4.78 is 5.46. The molecule has 1 N–H and O–H groups in total. The van der Waals surface area contributed by atoms with Gasteiger partial charge in [0.05, 0.1) is 0 Å². The highest BCUT2D eigenvalue weighted by Crippen LogP contribution is 2.18. The molecule has 0 spiro atoms. The minimum atomic E-state index is -0.509. The summed E-state index contributed by atoms with van der Waals surface area (Å²) in [6.07, 6.45) is 0.403. The fraction of sp³-hybridized carbons (Fsp3) is 0.417. The predicted octanol–water partition coefficient (Wildman–Crippen LogP) is 2.63. The average Bonchev–Trinajstić information content (AvgIpc) is 2.25. The fourth-order valence-electron chi connectivity index (χ4n) is 1.19. The van der Waals surface area contributed by atoms with Crippen LogP contribution >= 0.6 is 11.6 Å². The molecule has 1 rings (SSSR count). The molecule has 1 unspecified atom stereocenters. The Bertz CT molecular complexity index is 355. The van der Waals surface area contributed by atoms with E-state index in [1.165, 1.54) is 0 Å². The Hall–Kier alpha value is -1.22. The highest BCUT2D eigenvalue weighted by atomic mass is 35.5. The number of nitrogens with one attached hydrogen (secondary N) is 1. The van der Waals surface area contributed by atoms with Crippen LogP contribution in [-0.2, 0) is 4.79 Å². The third-order valence-corrected chi connectivity index (χ3v) is 2.26. The maximum absolute atomic E-state index is 11.5. The van der Waals surface area contributed by atoms with Crippen LogP contribution in [0.2, 0.25) is 5.02 Å². The number of hydrogen-bond donors (Lipinski definition) is 1. The molecule has 16 heavy (non-hydrogen) atoms. The molecule has 1 amide bonds. The van der Waals surface area contributed by atoms with Crippen molar-refractivity contribution in [3.05, 3.63) is 29.3 Å². The Labute approximate surface area is 101 Å². The van der Waals surface area contributed by atoms with Gasteiger partial charge in [0.25, 0.3) is 5.91 Å². The number of halogens is 1. The number of carbonyl (C=O) groups is 1. The van der Waals surface area contributed by atoms with Gasteiger partial charge in [-0.2, -0.15) is 0 Å². The van der Waals surface area contributed by atoms with Crippen molar-refractivity contribution in [2.75, 3.05) is 6.54 Å². The average molecular weight is 242 g/mol. The number of amides is 1. The quantitative estimate of drug-likeness (QED) is 0.861. The molecule has 0 aromatic heterocycles. The monoisotopic (exact) mass is 241 g/mol. The number of carbonyl (C=O) groups excluding carboxylic acids is 1. The lowest BCUT2D eigenvalue weighted by Crippen LogP contribution is -2.36. The number of benzene rings is 1. The van der Waals surface area contributed by atoms with Gasteiger partial charge in [-0.15, -0.1) is 0 Å². The first kappa shape index (κ1) is 12.8. The molecule has 3 nitrogen and oxygen atoms in total. The fourth-order valence-corrected chi connectivity index (χ4v) is 1.37. The molecule has 0 radical (unpaired) electrons. The third kappa shape index (κ3) is 4.11. The summed E-state index contributed by atoms with van der Waals surface area (Å²) in [5, 5.41) is 3.37. The van der Waals surface area contributed by atoms with Crippen molar-refractivity contribution in [3.63, 3.8) is 0 Å². The van der Waals surface area contributed by atoms with Crippen LogP contribution in [0.4, 0.5) is 0 Å². The van der Waals surface area contributed by atoms with Gasteiger partial charge in [-0.05, 0) is 31.5 Å². The molecule has 1 aromatic carbocycles. The van der Waals surface area contributed by atoms with Crippen molar-refractivity contribution in [1.29, 1.82) is 0 Å². The zero-order chi connectivity index (χ0) is 12.0. The van der Waals surface area contributed by atoms with E-state index >= 15 is 0 Å². The zero-order valence-corrected chi connectivity index (χ0v) is 10.3. The van der Waals surface area contributed by atoms with Crippen molar-refractivity contribution < 1.29 is 9.53 Å². The molecular formula is C12H16ClNO2. The lowest BCUT2D eigenvalue weighted by atomic mass is 10.3. The van der Waals surface area contributed by atoms with Crippen LogP contribution in [0.5, 0.6) is 5.75 Å². The van der Waals surface area contributed by atoms with Crippen molar-refractivity contribution in [2.24, 2.45) is 0 Å². The molecular weight excluding hydrogens is 226 g/mol. The molecule has 4 heteroatoms. The summed E-state index contributed by atoms with van der Waals surface area (Å²) in [5.41, 5.74) is 0. The van der Waals surface area contributed by atoms with E-state index in [-0.39, 0.29) is 5.91 Å². The molecule has 0 aliphatic carbocycles. The van der Waals surface area contributed by atoms with Gasteiger partial charge in [0.2, 0.25) is 0 Å². The summed E-state index contributed by atoms with van der Waals surface area (Å²) in [6.45, 7) is 4.39. The van der Waals surface area contributed by atoms with Crippen LogP contribution < -0.4 is 10.1 Å². The minimum Gasteiger partial charge on any atom is -0.481 e. The first-order valence-corrected chi connectivity index (χ1v) is 5.71. The lowest BCUT2D eigenvalue weighted by molar-refractivity contribution is -0.127. The second kappa shape index (κ2) is 6.38. The van der Waals surface area contributed by atoms with E-state index in [0.717, 1.165) is 6.42 Å². The first-order valence-electron chi connectivity index (χ1n) is 5.33. The maximum atomic E-state index is 11.5. The molecule has 88 valence electrons. The molecule has 1 aromatic rings. The Morgan fingerprint density at radius 3 is 2.94 bits per heavy atom. The molecule has 0 bridgehead atoms. The van der Waals surface area contributed by atoms with E-state index < -0.39 is 6.10 Å². The summed E-state index contributed by atoms with van der Waals surface area (Å²) >= 11 is 5.81. The molecule has 0 fully saturated rings. The Morgan fingerprint density at radius 1 is 1.56 bits per heavy atom. The van der Waals surface area contributed by atoms with Gasteiger partial charge in [0.15, 0.2) is 6.10 Å². The molecule has 0 saturated heterocycles. The van der Waals surface area contributed by atoms with E-state index in [9.17, 15) is 4.79 Å². The van der Waals surface area contributed by atoms with Crippen molar-refractivity contribution in [2.45, 2.75) is 26.4 Å². The highest BCUT2D eigenvalue weighted by molar-refractivity contribution is 6.30. The lowest BCUT2D eigenvalue weighted by Gasteiger charge is -2.14. The third-order valence-electron chi connectivity index (χ3n) is 2.03. The second-order valence-electron chi connectivity index (χ2n) is 3.51. The van der Waals surface area contributed by atoms with E-state index in [1.54, 1.807) is 31.2 Å². The van der Waals surface area contributed by atoms with Gasteiger partial charge in [-0.25, -0.2) is 0 Å². The van der Waals surface area contributed by atoms with Gasteiger partial charge < -0.3 is 10.1 Å². The predicted molar refractivity (Wildman–Crippen MR) is 64.8 cm³/mol. The van der Waals surface area contributed by atoms with Gasteiger partial charge in [0.1, 0.15) is 5.75 Å². The Balaban J connectivity index is 2.50. The van der Waals surface area contributed by atoms with Crippen LogP contribution in [0.15, 0.2) is 24.3 Å². The van der Waals surface area contributed by atoms with E-state index in [2.05, 4.69) is 5.32 Å². The van der Waals surface area contributed by atoms with Crippen LogP contribution in [0.3, 0.4) is 0 Å². The normalized spacial score (nSPS) is 11.9. The summed E-state index contributed by atoms with van der Waals surface area (Å²) in [5.74, 6) is 0.494. The van der Waals surface area contributed by atoms with Gasteiger partial charge in [-0.1, -0.05) is 24.6 Å². The van der Waals surface area contributed by atoms with Crippen LogP contribution in [0, 0.1) is 0 Å². The largest absolute Gasteiger partial charge is 0.481 e. The van der Waals surface area contributed by atoms with Crippen molar-refractivity contribution >= 4 is 17.5 Å². The molecule has 0 aliphatic heterocycles. The topological polar surface area (TPSA) is 38.3 Å². The number of ether oxygens (including phenoxy) is 1.